The van der Waals surface area contributed by atoms with Gasteiger partial charge in [0.05, 0.1) is 19.1 Å². The molecule has 4 N–H and O–H groups in total. The fraction of sp³-hybridized carbons (Fsp3) is 0.657. The Bertz CT molecular complexity index is 1480. The Kier molecular flexibility index (Phi) is 11.0. The first kappa shape index (κ1) is 37.6. The van der Waals surface area contributed by atoms with Crippen LogP contribution < -0.4 is 21.3 Å². The topological polar surface area (TPSA) is 166 Å². The van der Waals surface area contributed by atoms with Gasteiger partial charge in [0.25, 0.3) is 5.91 Å². The Morgan fingerprint density at radius 1 is 1.02 bits per heavy atom. The number of urea groups is 1. The monoisotopic (exact) mass is 686 g/mol. The Hall–Kier alpha value is -4.23. The van der Waals surface area contributed by atoms with E-state index in [1.54, 1.807) is 60.6 Å². The molecule has 6 amide bonds. The number of hydrogen-bond acceptors (Lipinski definition) is 7. The number of nitrogens with one attached hydrogen (secondary N) is 4. The molecule has 13 nitrogen and oxygen atoms in total. The number of fused-ring (bicyclic) bond motifs is 1. The van der Waals surface area contributed by atoms with Gasteiger partial charge in [0.15, 0.2) is 0 Å². The number of ketones is 1. The van der Waals surface area contributed by atoms with Gasteiger partial charge in [-0.2, -0.15) is 0 Å². The summed E-state index contributed by atoms with van der Waals surface area (Å²) in [6.45, 7) is 14.1. The standard InChI is InChI=1S/C35H51FN6O7/c1-9-11-24(26(43)29(45)37-21-14-15-21)38-28(44)25-16-35(8,49-32(48)41-17-20-12-10-13-23(36)22(20)18-41)19-42(25)30(46)27(33(2,3)4)39-31(47)40-34(5,6)7/h10,12-13,21,24-25,27H,9,11,14-19H2,1-8H3,(H,37,45)(H,38,44)(H2,39,40,47)/t24-,25-,27+,35-/m0/s1. The number of rotatable bonds is 10. The molecule has 3 aliphatic rings. The van der Waals surface area contributed by atoms with E-state index in [9.17, 15) is 33.2 Å². The molecule has 0 bridgehead atoms. The first-order valence-corrected chi connectivity index (χ1v) is 17.0. The summed E-state index contributed by atoms with van der Waals surface area (Å²) in [7, 11) is 0. The molecule has 0 radical (unpaired) electrons. The number of Topliss-reactive ketones (excluding diaryl/α,β-unsaturated/α-hetero) is 1. The molecule has 14 heteroatoms. The van der Waals surface area contributed by atoms with Gasteiger partial charge in [0.1, 0.15) is 23.5 Å². The quantitative estimate of drug-likeness (QED) is 0.274. The maximum Gasteiger partial charge on any atom is 0.410 e. The van der Waals surface area contributed by atoms with Crippen molar-refractivity contribution in [3.8, 4) is 0 Å². The van der Waals surface area contributed by atoms with Gasteiger partial charge in [0, 0.05) is 30.1 Å². The van der Waals surface area contributed by atoms with Crippen LogP contribution in [0.25, 0.3) is 0 Å². The fourth-order valence-corrected chi connectivity index (χ4v) is 6.17. The summed E-state index contributed by atoms with van der Waals surface area (Å²) in [4.78, 5) is 83.2. The second-order valence-corrected chi connectivity index (χ2v) is 15.8. The van der Waals surface area contributed by atoms with E-state index in [1.165, 1.54) is 15.9 Å². The molecular formula is C35H51FN6O7. The van der Waals surface area contributed by atoms with Crippen molar-refractivity contribution in [3.63, 3.8) is 0 Å². The summed E-state index contributed by atoms with van der Waals surface area (Å²) >= 11 is 0. The van der Waals surface area contributed by atoms with Crippen molar-refractivity contribution < 1.29 is 37.9 Å². The minimum atomic E-state index is -1.37. The van der Waals surface area contributed by atoms with Crippen molar-refractivity contribution in [3.05, 3.63) is 35.1 Å². The average Bonchev–Trinajstić information content (AvgIpc) is 3.56. The number of ether oxygens (including phenoxy) is 1. The highest BCUT2D eigenvalue weighted by Crippen LogP contribution is 2.35. The molecular weight excluding hydrogens is 635 g/mol. The first-order valence-electron chi connectivity index (χ1n) is 17.0. The van der Waals surface area contributed by atoms with E-state index in [0.29, 0.717) is 17.5 Å². The Labute approximate surface area is 287 Å². The molecule has 270 valence electrons. The van der Waals surface area contributed by atoms with Gasteiger partial charge < -0.3 is 30.9 Å². The number of halogens is 1. The van der Waals surface area contributed by atoms with Gasteiger partial charge in [-0.15, -0.1) is 0 Å². The summed E-state index contributed by atoms with van der Waals surface area (Å²) in [5.41, 5.74) is -1.71. The lowest BCUT2D eigenvalue weighted by Crippen LogP contribution is -2.61. The summed E-state index contributed by atoms with van der Waals surface area (Å²) < 4.78 is 20.4. The predicted octanol–water partition coefficient (Wildman–Crippen LogP) is 3.28. The summed E-state index contributed by atoms with van der Waals surface area (Å²) in [6, 6.07) is 0.559. The van der Waals surface area contributed by atoms with Gasteiger partial charge >= 0.3 is 12.1 Å². The number of nitrogens with zero attached hydrogens (tertiary/aromatic N) is 2. The second-order valence-electron chi connectivity index (χ2n) is 15.8. The Balaban J connectivity index is 1.59. The van der Waals surface area contributed by atoms with Crippen LogP contribution >= 0.6 is 0 Å². The van der Waals surface area contributed by atoms with E-state index in [4.69, 9.17) is 4.74 Å². The van der Waals surface area contributed by atoms with Crippen molar-refractivity contribution in [1.29, 1.82) is 0 Å². The van der Waals surface area contributed by atoms with Gasteiger partial charge in [-0.3, -0.25) is 24.1 Å². The van der Waals surface area contributed by atoms with Gasteiger partial charge in [-0.1, -0.05) is 46.2 Å². The van der Waals surface area contributed by atoms with E-state index in [-0.39, 0.29) is 38.5 Å². The summed E-state index contributed by atoms with van der Waals surface area (Å²) in [6.07, 6.45) is 1.40. The van der Waals surface area contributed by atoms with Gasteiger partial charge in [-0.05, 0) is 64.0 Å². The molecule has 0 spiro atoms. The van der Waals surface area contributed by atoms with Crippen LogP contribution in [0.15, 0.2) is 18.2 Å². The van der Waals surface area contributed by atoms with Crippen LogP contribution in [0.1, 0.15) is 98.6 Å². The molecule has 2 fully saturated rings. The minimum Gasteiger partial charge on any atom is -0.441 e. The average molecular weight is 687 g/mol. The lowest BCUT2D eigenvalue weighted by molar-refractivity contribution is -0.144. The predicted molar refractivity (Wildman–Crippen MR) is 178 cm³/mol. The Morgan fingerprint density at radius 2 is 1.69 bits per heavy atom. The van der Waals surface area contributed by atoms with Crippen LogP contribution in [0.5, 0.6) is 0 Å². The molecule has 49 heavy (non-hydrogen) atoms. The maximum atomic E-state index is 14.4. The molecule has 1 saturated carbocycles. The van der Waals surface area contributed by atoms with Crippen molar-refractivity contribution >= 4 is 35.6 Å². The van der Waals surface area contributed by atoms with Gasteiger partial charge in [0.2, 0.25) is 17.6 Å². The number of carbonyl (C=O) groups excluding carboxylic acids is 6. The fourth-order valence-electron chi connectivity index (χ4n) is 6.17. The number of carbonyl (C=O) groups is 6. The molecule has 2 aliphatic heterocycles. The van der Waals surface area contributed by atoms with Gasteiger partial charge in [-0.25, -0.2) is 14.0 Å². The number of benzene rings is 1. The Morgan fingerprint density at radius 3 is 2.27 bits per heavy atom. The number of hydrogen-bond donors (Lipinski definition) is 4. The van der Waals surface area contributed by atoms with Crippen LogP contribution in [-0.4, -0.2) is 87.3 Å². The third kappa shape index (κ3) is 9.48. The summed E-state index contributed by atoms with van der Waals surface area (Å²) in [5.74, 6) is -3.25. The van der Waals surface area contributed by atoms with E-state index < -0.39 is 76.1 Å². The zero-order chi connectivity index (χ0) is 36.5. The zero-order valence-corrected chi connectivity index (χ0v) is 29.8. The van der Waals surface area contributed by atoms with Crippen molar-refractivity contribution in [2.24, 2.45) is 5.41 Å². The highest BCUT2D eigenvalue weighted by Gasteiger charge is 2.52. The molecule has 1 aromatic rings. The summed E-state index contributed by atoms with van der Waals surface area (Å²) in [5, 5.41) is 10.9. The van der Waals surface area contributed by atoms with Crippen LogP contribution in [0.3, 0.4) is 0 Å². The normalized spacial score (nSPS) is 21.7. The molecule has 1 aromatic carbocycles. The maximum absolute atomic E-state index is 14.4. The number of likely N-dealkylation sites (tertiary alicyclic amines) is 1. The number of amides is 6. The van der Waals surface area contributed by atoms with Crippen LogP contribution in [-0.2, 0) is 37.0 Å². The molecule has 4 atom stereocenters. The molecule has 2 heterocycles. The molecule has 0 aromatic heterocycles. The third-order valence-corrected chi connectivity index (χ3v) is 8.83. The van der Waals surface area contributed by atoms with E-state index in [0.717, 1.165) is 12.8 Å². The van der Waals surface area contributed by atoms with Crippen molar-refractivity contribution in [1.82, 2.24) is 31.1 Å². The zero-order valence-electron chi connectivity index (χ0n) is 29.8. The minimum absolute atomic E-state index is 0.00607. The largest absolute Gasteiger partial charge is 0.441 e. The molecule has 4 rings (SSSR count). The van der Waals surface area contributed by atoms with Crippen LogP contribution in [0, 0.1) is 11.2 Å². The first-order chi connectivity index (χ1) is 22.7. The smallest absolute Gasteiger partial charge is 0.410 e. The molecule has 1 aliphatic carbocycles. The van der Waals surface area contributed by atoms with Crippen molar-refractivity contribution in [2.75, 3.05) is 6.54 Å². The molecule has 0 unspecified atom stereocenters. The third-order valence-electron chi connectivity index (χ3n) is 8.83. The SMILES string of the molecule is CCC[C@H](NC(=O)[C@@H]1C[C@](C)(OC(=O)N2Cc3cccc(F)c3C2)CN1C(=O)[C@@H](NC(=O)NC(C)(C)C)C(C)(C)C)C(=O)C(=O)NC1CC1. The van der Waals surface area contributed by atoms with E-state index in [1.807, 2.05) is 6.92 Å². The van der Waals surface area contributed by atoms with Crippen LogP contribution in [0.4, 0.5) is 14.0 Å². The lowest BCUT2D eigenvalue weighted by Gasteiger charge is -2.36. The lowest BCUT2D eigenvalue weighted by atomic mass is 9.85. The van der Waals surface area contributed by atoms with E-state index >= 15 is 0 Å². The van der Waals surface area contributed by atoms with Crippen molar-refractivity contribution in [2.45, 2.75) is 136 Å². The van der Waals surface area contributed by atoms with Crippen LogP contribution in [0.2, 0.25) is 0 Å². The van der Waals surface area contributed by atoms with E-state index in [2.05, 4.69) is 21.3 Å². The highest BCUT2D eigenvalue weighted by atomic mass is 19.1. The highest BCUT2D eigenvalue weighted by molar-refractivity contribution is 6.38. The molecule has 1 saturated heterocycles. The second kappa shape index (κ2) is 14.3.